The Labute approximate surface area is 160 Å². The number of nitrogens with zero attached hydrogens (tertiary/aromatic N) is 3. The Morgan fingerprint density at radius 3 is 2.89 bits per heavy atom. The summed E-state index contributed by atoms with van der Waals surface area (Å²) >= 11 is 0. The lowest BCUT2D eigenvalue weighted by molar-refractivity contribution is -0.118. The minimum atomic E-state index is -2.92. The molecule has 0 aliphatic rings. The van der Waals surface area contributed by atoms with E-state index in [2.05, 4.69) is 31.3 Å². The van der Waals surface area contributed by atoms with Gasteiger partial charge in [-0.3, -0.25) is 14.1 Å². The Kier molecular flexibility index (Phi) is 7.06. The van der Waals surface area contributed by atoms with Gasteiger partial charge in [0.15, 0.2) is 5.69 Å². The van der Waals surface area contributed by atoms with Gasteiger partial charge in [-0.05, 0) is 40.3 Å². The van der Waals surface area contributed by atoms with Crippen LogP contribution in [0.25, 0.3) is 0 Å². The van der Waals surface area contributed by atoms with E-state index in [1.807, 2.05) is 0 Å². The predicted octanol–water partition coefficient (Wildman–Crippen LogP) is 0.0232. The lowest BCUT2D eigenvalue weighted by atomic mass is 10.0. The monoisotopic (exact) mass is 413 g/mol. The molecule has 0 saturated carbocycles. The summed E-state index contributed by atoms with van der Waals surface area (Å²) in [6.45, 7) is 1.68. The van der Waals surface area contributed by atoms with Crippen molar-refractivity contribution in [2.45, 2.75) is 13.3 Å². The first kappa shape index (κ1) is 21.3. The van der Waals surface area contributed by atoms with Crippen LogP contribution in [0.2, 0.25) is 0 Å². The number of nitrogens with two attached hydrogens (primary N) is 1. The van der Waals surface area contributed by atoms with Crippen LogP contribution in [0.1, 0.15) is 16.8 Å². The number of hydrogen-bond donors (Lipinski definition) is 3. The molecule has 12 heteroatoms. The largest absolute Gasteiger partial charge is 0.472 e. The van der Waals surface area contributed by atoms with Crippen molar-refractivity contribution in [3.63, 3.8) is 0 Å². The van der Waals surface area contributed by atoms with Gasteiger partial charge in [-0.25, -0.2) is 9.02 Å². The quantitative estimate of drug-likeness (QED) is 0.172. The molecular weight excluding hydrogens is 393 g/mol. The van der Waals surface area contributed by atoms with E-state index in [1.165, 1.54) is 6.07 Å². The van der Waals surface area contributed by atoms with Crippen LogP contribution < -0.4 is 15.2 Å². The van der Waals surface area contributed by atoms with Crippen LogP contribution >= 0.6 is 0 Å². The number of amides is 1. The molecule has 0 radical (unpaired) electrons. The van der Waals surface area contributed by atoms with E-state index in [9.17, 15) is 18.6 Å². The van der Waals surface area contributed by atoms with Gasteiger partial charge in [0.1, 0.15) is 23.9 Å². The maximum Gasteiger partial charge on any atom is 0.285 e. The molecule has 2 aromatic rings. The Morgan fingerprint density at radius 2 is 2.25 bits per heavy atom. The standard InChI is InChI=1S/C16H20FN5O5S/c1-10-7-11(3-4-12(10)17)8-13(20-24)15-16(22-27-21-15)26-6-5-19-14(23)9-28(2,18)25/h3-4,7,24H,2,5-6,8-9H2,1H3,(H2,18,25)(H,19,23). The van der Waals surface area contributed by atoms with Crippen molar-refractivity contribution < 1.29 is 28.0 Å². The molecule has 28 heavy (non-hydrogen) atoms. The topological polar surface area (TPSA) is 153 Å². The lowest BCUT2D eigenvalue weighted by Gasteiger charge is -2.08. The summed E-state index contributed by atoms with van der Waals surface area (Å²) in [6.07, 6.45) is 0.132. The van der Waals surface area contributed by atoms with Gasteiger partial charge in [-0.2, -0.15) is 0 Å². The van der Waals surface area contributed by atoms with Crippen molar-refractivity contribution in [3.05, 3.63) is 40.8 Å². The van der Waals surface area contributed by atoms with Gasteiger partial charge in [0, 0.05) is 16.1 Å². The Bertz CT molecular complexity index is 974. The number of rotatable bonds is 9. The highest BCUT2D eigenvalue weighted by atomic mass is 32.2. The summed E-state index contributed by atoms with van der Waals surface area (Å²) in [5.41, 5.74) is 1.31. The van der Waals surface area contributed by atoms with Gasteiger partial charge in [0.05, 0.1) is 6.54 Å². The summed E-state index contributed by atoms with van der Waals surface area (Å²) in [5.74, 6) is 1.87. The van der Waals surface area contributed by atoms with Crippen molar-refractivity contribution in [1.82, 2.24) is 15.6 Å². The molecule has 0 bridgehead atoms. The second-order valence-corrected chi connectivity index (χ2v) is 7.96. The van der Waals surface area contributed by atoms with Crippen LogP contribution in [0.5, 0.6) is 5.88 Å². The summed E-state index contributed by atoms with van der Waals surface area (Å²) in [6, 6.07) is 4.48. The van der Waals surface area contributed by atoms with Gasteiger partial charge < -0.3 is 15.3 Å². The van der Waals surface area contributed by atoms with E-state index in [0.29, 0.717) is 11.1 Å². The highest BCUT2D eigenvalue weighted by molar-refractivity contribution is 7.98. The number of ether oxygens (including phenoxy) is 1. The van der Waals surface area contributed by atoms with Crippen molar-refractivity contribution >= 4 is 27.2 Å². The molecule has 0 aliphatic carbocycles. The Hall–Kier alpha value is -2.99. The zero-order valence-electron chi connectivity index (χ0n) is 15.1. The first-order chi connectivity index (χ1) is 13.2. The second kappa shape index (κ2) is 9.28. The van der Waals surface area contributed by atoms with Gasteiger partial charge in [0.2, 0.25) is 5.91 Å². The van der Waals surface area contributed by atoms with Gasteiger partial charge >= 0.3 is 0 Å². The SMILES string of the molecule is C=S(N)(=O)CC(=O)NCCOc1nonc1C(Cc1ccc(F)c(C)c1)=NO. The first-order valence-electron chi connectivity index (χ1n) is 8.00. The van der Waals surface area contributed by atoms with E-state index in [4.69, 9.17) is 9.88 Å². The molecule has 0 spiro atoms. The Balaban J connectivity index is 1.95. The summed E-state index contributed by atoms with van der Waals surface area (Å²) in [7, 11) is -2.92. The van der Waals surface area contributed by atoms with Gasteiger partial charge in [-0.15, -0.1) is 0 Å². The van der Waals surface area contributed by atoms with Gasteiger partial charge in [0.25, 0.3) is 5.88 Å². The molecule has 2 rings (SSSR count). The fraction of sp³-hybridized carbons (Fsp3) is 0.312. The number of aryl methyl sites for hydroxylation is 1. The molecule has 0 saturated heterocycles. The summed E-state index contributed by atoms with van der Waals surface area (Å²) < 4.78 is 34.6. The smallest absolute Gasteiger partial charge is 0.285 e. The third kappa shape index (κ3) is 6.32. The lowest BCUT2D eigenvalue weighted by Crippen LogP contribution is -2.35. The third-order valence-electron chi connectivity index (χ3n) is 3.48. The predicted molar refractivity (Wildman–Crippen MR) is 100 cm³/mol. The van der Waals surface area contributed by atoms with Crippen molar-refractivity contribution in [3.8, 4) is 5.88 Å². The zero-order valence-corrected chi connectivity index (χ0v) is 15.9. The maximum atomic E-state index is 13.4. The summed E-state index contributed by atoms with van der Waals surface area (Å²) in [5, 5.41) is 27.4. The van der Waals surface area contributed by atoms with Gasteiger partial charge in [-0.1, -0.05) is 17.3 Å². The number of halogens is 1. The summed E-state index contributed by atoms with van der Waals surface area (Å²) in [4.78, 5) is 11.5. The van der Waals surface area contributed by atoms with Crippen LogP contribution in [0, 0.1) is 12.7 Å². The zero-order chi connectivity index (χ0) is 20.7. The first-order valence-corrected chi connectivity index (χ1v) is 9.96. The molecule has 1 amide bonds. The molecule has 0 aliphatic heterocycles. The fourth-order valence-electron chi connectivity index (χ4n) is 2.24. The highest BCUT2D eigenvalue weighted by Crippen LogP contribution is 2.18. The van der Waals surface area contributed by atoms with E-state index >= 15 is 0 Å². The van der Waals surface area contributed by atoms with E-state index in [-0.39, 0.29) is 42.7 Å². The molecule has 152 valence electrons. The number of carbonyl (C=O) groups is 1. The molecule has 1 heterocycles. The minimum Gasteiger partial charge on any atom is -0.472 e. The molecular formula is C16H20FN5O5S. The number of hydrogen-bond acceptors (Lipinski definition) is 8. The van der Waals surface area contributed by atoms with E-state index in [0.717, 1.165) is 0 Å². The molecule has 0 fully saturated rings. The normalized spacial score (nSPS) is 13.8. The number of aromatic nitrogens is 2. The van der Waals surface area contributed by atoms with Crippen LogP contribution in [-0.4, -0.2) is 56.1 Å². The Morgan fingerprint density at radius 1 is 1.50 bits per heavy atom. The van der Waals surface area contributed by atoms with Crippen molar-refractivity contribution in [2.24, 2.45) is 10.3 Å². The number of carbonyl (C=O) groups excluding carboxylic acids is 1. The number of benzene rings is 1. The maximum absolute atomic E-state index is 13.4. The second-order valence-electron chi connectivity index (χ2n) is 5.94. The van der Waals surface area contributed by atoms with Crippen molar-refractivity contribution in [1.29, 1.82) is 0 Å². The van der Waals surface area contributed by atoms with Crippen molar-refractivity contribution in [2.75, 3.05) is 18.9 Å². The van der Waals surface area contributed by atoms with E-state index < -0.39 is 21.4 Å². The third-order valence-corrected chi connectivity index (χ3v) is 4.24. The molecule has 1 atom stereocenters. The van der Waals surface area contributed by atoms with Crippen LogP contribution in [0.3, 0.4) is 0 Å². The molecule has 1 aromatic carbocycles. The molecule has 1 unspecified atom stereocenters. The van der Waals surface area contributed by atoms with Crippen LogP contribution in [-0.2, 0) is 20.9 Å². The number of oxime groups is 1. The minimum absolute atomic E-state index is 0.00970. The highest BCUT2D eigenvalue weighted by Gasteiger charge is 2.19. The average molecular weight is 413 g/mol. The fourth-order valence-corrected chi connectivity index (χ4v) is 2.78. The molecule has 1 aromatic heterocycles. The number of nitrogens with one attached hydrogen (secondary N) is 1. The average Bonchev–Trinajstić information content (AvgIpc) is 3.06. The van der Waals surface area contributed by atoms with Crippen LogP contribution in [0.4, 0.5) is 4.39 Å². The molecule has 4 N–H and O–H groups in total. The van der Waals surface area contributed by atoms with E-state index in [1.54, 1.807) is 19.1 Å². The molecule has 10 nitrogen and oxygen atoms in total. The van der Waals surface area contributed by atoms with Crippen LogP contribution in [0.15, 0.2) is 28.0 Å².